The number of amides is 1. The lowest BCUT2D eigenvalue weighted by Gasteiger charge is -2.24. The normalized spacial score (nSPS) is 13.1. The molecule has 9 heteroatoms. The maximum Gasteiger partial charge on any atom is 0.408 e. The zero-order valence-corrected chi connectivity index (χ0v) is 23.5. The standard InChI is InChI=1S/C23H42BrN3O4Si/c1-8-18(28)12-10-9-11-13-19(26-22(29)31-23(2,3)4)21-25-16-20(24)27(21)17-30-14-15-32(5,6)7/h16,19H,8-15,17H2,1-7H3,(H,26,29)/t19-/m0/s1. The number of nitrogens with one attached hydrogen (secondary N) is 1. The molecule has 0 spiro atoms. The number of carbonyl (C=O) groups is 2. The van der Waals surface area contributed by atoms with Gasteiger partial charge in [0.05, 0.1) is 12.2 Å². The largest absolute Gasteiger partial charge is 0.444 e. The maximum absolute atomic E-state index is 12.5. The number of alkyl carbamates (subject to hydrolysis) is 1. The highest BCUT2D eigenvalue weighted by molar-refractivity contribution is 9.10. The molecule has 32 heavy (non-hydrogen) atoms. The Morgan fingerprint density at radius 2 is 1.91 bits per heavy atom. The molecule has 1 N–H and O–H groups in total. The van der Waals surface area contributed by atoms with Crippen LogP contribution in [0.5, 0.6) is 0 Å². The second kappa shape index (κ2) is 13.5. The molecular formula is C23H42BrN3O4Si. The van der Waals surface area contributed by atoms with Gasteiger partial charge in [0, 0.05) is 27.5 Å². The predicted molar refractivity (Wildman–Crippen MR) is 135 cm³/mol. The summed E-state index contributed by atoms with van der Waals surface area (Å²) in [4.78, 5) is 28.6. The Morgan fingerprint density at radius 3 is 2.50 bits per heavy atom. The van der Waals surface area contributed by atoms with Gasteiger partial charge in [-0.15, -0.1) is 0 Å². The Bertz CT molecular complexity index is 726. The summed E-state index contributed by atoms with van der Waals surface area (Å²) in [5.41, 5.74) is -0.578. The van der Waals surface area contributed by atoms with Crippen molar-refractivity contribution in [2.75, 3.05) is 6.61 Å². The lowest BCUT2D eigenvalue weighted by molar-refractivity contribution is -0.118. The highest BCUT2D eigenvalue weighted by atomic mass is 79.9. The van der Waals surface area contributed by atoms with Crippen LogP contribution in [0.1, 0.15) is 78.1 Å². The maximum atomic E-state index is 12.5. The van der Waals surface area contributed by atoms with Gasteiger partial charge in [-0.2, -0.15) is 0 Å². The van der Waals surface area contributed by atoms with E-state index in [-0.39, 0.29) is 6.04 Å². The van der Waals surface area contributed by atoms with Gasteiger partial charge in [-0.3, -0.25) is 9.36 Å². The Kier molecular flexibility index (Phi) is 12.2. The number of hydrogen-bond acceptors (Lipinski definition) is 5. The first-order valence-electron chi connectivity index (χ1n) is 11.6. The lowest BCUT2D eigenvalue weighted by atomic mass is 10.0. The molecule has 0 bridgehead atoms. The van der Waals surface area contributed by atoms with E-state index in [1.807, 2.05) is 32.3 Å². The van der Waals surface area contributed by atoms with Crippen LogP contribution in [0.15, 0.2) is 10.8 Å². The minimum Gasteiger partial charge on any atom is -0.444 e. The number of carbonyl (C=O) groups excluding carboxylic acids is 2. The third kappa shape index (κ3) is 12.2. The van der Waals surface area contributed by atoms with Crippen LogP contribution in [0.25, 0.3) is 0 Å². The van der Waals surface area contributed by atoms with Crippen molar-refractivity contribution >= 4 is 35.9 Å². The van der Waals surface area contributed by atoms with E-state index >= 15 is 0 Å². The predicted octanol–water partition coefficient (Wildman–Crippen LogP) is 6.45. The molecule has 7 nitrogen and oxygen atoms in total. The first-order valence-corrected chi connectivity index (χ1v) is 16.1. The quantitative estimate of drug-likeness (QED) is 0.220. The summed E-state index contributed by atoms with van der Waals surface area (Å²) in [5, 5.41) is 2.99. The number of ether oxygens (including phenoxy) is 2. The van der Waals surface area contributed by atoms with Gasteiger partial charge in [0.2, 0.25) is 0 Å². The number of halogens is 1. The van der Waals surface area contributed by atoms with Crippen LogP contribution in [0.2, 0.25) is 25.7 Å². The lowest BCUT2D eigenvalue weighted by Crippen LogP contribution is -2.36. The molecule has 1 heterocycles. The molecule has 0 fully saturated rings. The van der Waals surface area contributed by atoms with Gasteiger partial charge < -0.3 is 14.8 Å². The number of ketones is 1. The highest BCUT2D eigenvalue weighted by Gasteiger charge is 2.24. The van der Waals surface area contributed by atoms with Crippen molar-refractivity contribution in [3.63, 3.8) is 0 Å². The molecule has 0 unspecified atom stereocenters. The fourth-order valence-electron chi connectivity index (χ4n) is 3.05. The first-order chi connectivity index (χ1) is 14.8. The smallest absolute Gasteiger partial charge is 0.408 e. The number of imidazole rings is 1. The topological polar surface area (TPSA) is 82.5 Å². The van der Waals surface area contributed by atoms with Gasteiger partial charge >= 0.3 is 6.09 Å². The fourth-order valence-corrected chi connectivity index (χ4v) is 4.19. The summed E-state index contributed by atoms with van der Waals surface area (Å²) in [5.74, 6) is 1.03. The molecule has 0 aliphatic carbocycles. The van der Waals surface area contributed by atoms with E-state index in [9.17, 15) is 9.59 Å². The third-order valence-electron chi connectivity index (χ3n) is 4.90. The van der Waals surface area contributed by atoms with Crippen LogP contribution in [0.3, 0.4) is 0 Å². The van der Waals surface area contributed by atoms with Crippen LogP contribution >= 0.6 is 15.9 Å². The van der Waals surface area contributed by atoms with E-state index in [0.717, 1.165) is 35.7 Å². The Morgan fingerprint density at radius 1 is 1.22 bits per heavy atom. The number of hydrogen-bond donors (Lipinski definition) is 1. The molecule has 0 aliphatic heterocycles. The summed E-state index contributed by atoms with van der Waals surface area (Å²) < 4.78 is 14.2. The molecule has 1 rings (SSSR count). The van der Waals surface area contributed by atoms with Gasteiger partial charge in [-0.25, -0.2) is 9.78 Å². The number of rotatable bonds is 14. The molecular weight excluding hydrogens is 490 g/mol. The second-order valence-electron chi connectivity index (χ2n) is 10.4. The van der Waals surface area contributed by atoms with Crippen molar-refractivity contribution in [2.24, 2.45) is 0 Å². The van der Waals surface area contributed by atoms with Crippen molar-refractivity contribution in [3.05, 3.63) is 16.6 Å². The second-order valence-corrected chi connectivity index (χ2v) is 16.8. The Balaban J connectivity index is 2.83. The average Bonchev–Trinajstić information content (AvgIpc) is 3.02. The van der Waals surface area contributed by atoms with E-state index in [2.05, 4.69) is 45.9 Å². The van der Waals surface area contributed by atoms with Gasteiger partial charge in [0.15, 0.2) is 0 Å². The van der Waals surface area contributed by atoms with Gasteiger partial charge in [0.25, 0.3) is 0 Å². The summed E-state index contributed by atoms with van der Waals surface area (Å²) in [7, 11) is -1.17. The molecule has 184 valence electrons. The van der Waals surface area contributed by atoms with E-state index in [0.29, 0.717) is 38.4 Å². The molecule has 0 aliphatic rings. The number of nitrogens with zero attached hydrogens (tertiary/aromatic N) is 2. The van der Waals surface area contributed by atoms with Gasteiger partial charge in [-0.1, -0.05) is 39.4 Å². The molecule has 0 saturated heterocycles. The molecule has 0 saturated carbocycles. The molecule has 1 amide bonds. The third-order valence-corrected chi connectivity index (χ3v) is 7.24. The van der Waals surface area contributed by atoms with Gasteiger partial charge in [0.1, 0.15) is 28.5 Å². The SMILES string of the molecule is CCC(=O)CCCCC[C@H](NC(=O)OC(C)(C)C)c1ncc(Br)n1COCC[Si](C)(C)C. The van der Waals surface area contributed by atoms with Crippen molar-refractivity contribution in [3.8, 4) is 0 Å². The van der Waals surface area contributed by atoms with Crippen molar-refractivity contribution in [2.45, 2.75) is 110 Å². The Labute approximate surface area is 203 Å². The zero-order chi connectivity index (χ0) is 24.4. The molecule has 1 aromatic heterocycles. The number of aromatic nitrogens is 2. The molecule has 1 atom stereocenters. The summed E-state index contributed by atoms with van der Waals surface area (Å²) in [6.07, 6.45) is 5.85. The average molecular weight is 533 g/mol. The Hall–Kier alpha value is -1.19. The minimum absolute atomic E-state index is 0.295. The van der Waals surface area contributed by atoms with E-state index < -0.39 is 19.8 Å². The first kappa shape index (κ1) is 28.8. The van der Waals surface area contributed by atoms with Crippen molar-refractivity contribution in [1.82, 2.24) is 14.9 Å². The number of unbranched alkanes of at least 4 members (excludes halogenated alkanes) is 2. The molecule has 1 aromatic rings. The number of Topliss-reactive ketones (excluding diaryl/α,β-unsaturated/α-hetero) is 1. The summed E-state index contributed by atoms with van der Waals surface area (Å²) >= 11 is 3.56. The minimum atomic E-state index is -1.17. The van der Waals surface area contributed by atoms with Gasteiger partial charge in [-0.05, 0) is 55.6 Å². The van der Waals surface area contributed by atoms with Crippen molar-refractivity contribution < 1.29 is 19.1 Å². The van der Waals surface area contributed by atoms with Crippen LogP contribution in [-0.2, 0) is 21.0 Å². The van der Waals surface area contributed by atoms with Crippen molar-refractivity contribution in [1.29, 1.82) is 0 Å². The van der Waals surface area contributed by atoms with Crippen LogP contribution in [0.4, 0.5) is 4.79 Å². The highest BCUT2D eigenvalue weighted by Crippen LogP contribution is 2.24. The summed E-state index contributed by atoms with van der Waals surface area (Å²) in [6.45, 7) is 15.5. The van der Waals surface area contributed by atoms with Crippen LogP contribution < -0.4 is 5.32 Å². The van der Waals surface area contributed by atoms with E-state index in [1.54, 1.807) is 6.20 Å². The molecule has 0 aromatic carbocycles. The van der Waals surface area contributed by atoms with Crippen LogP contribution in [-0.4, -0.2) is 41.7 Å². The fraction of sp³-hybridized carbons (Fsp3) is 0.783. The monoisotopic (exact) mass is 531 g/mol. The van der Waals surface area contributed by atoms with Crippen LogP contribution in [0, 0.1) is 0 Å². The van der Waals surface area contributed by atoms with E-state index in [4.69, 9.17) is 9.47 Å². The molecule has 0 radical (unpaired) electrons. The zero-order valence-electron chi connectivity index (χ0n) is 20.9. The summed E-state index contributed by atoms with van der Waals surface area (Å²) in [6, 6.07) is 0.781. The van der Waals surface area contributed by atoms with E-state index in [1.165, 1.54) is 0 Å².